The number of anilines is 1. The van der Waals surface area contributed by atoms with E-state index in [1.165, 1.54) is 17.8 Å². The second-order valence-electron chi connectivity index (χ2n) is 5.67. The summed E-state index contributed by atoms with van der Waals surface area (Å²) < 4.78 is 44.1. The van der Waals surface area contributed by atoms with Gasteiger partial charge in [0.05, 0.1) is 17.4 Å². The minimum Gasteiger partial charge on any atom is -0.377 e. The smallest absolute Gasteiger partial charge is 0.377 e. The van der Waals surface area contributed by atoms with Gasteiger partial charge < -0.3 is 15.8 Å². The summed E-state index contributed by atoms with van der Waals surface area (Å²) in [6.07, 6.45) is -1.13. The topological polar surface area (TPSA) is 64.3 Å². The number of carbonyl (C=O) groups excluding carboxylic acids is 1. The molecule has 1 aliphatic rings. The highest BCUT2D eigenvalue weighted by Gasteiger charge is 2.31. The maximum Gasteiger partial charge on any atom is 0.416 e. The zero-order valence-corrected chi connectivity index (χ0v) is 14.0. The van der Waals surface area contributed by atoms with E-state index in [4.69, 9.17) is 10.5 Å². The van der Waals surface area contributed by atoms with Crippen LogP contribution in [-0.2, 0) is 22.3 Å². The van der Waals surface area contributed by atoms with Crippen molar-refractivity contribution in [3.8, 4) is 0 Å². The summed E-state index contributed by atoms with van der Waals surface area (Å²) in [6.45, 7) is 0.726. The van der Waals surface area contributed by atoms with Crippen LogP contribution in [0.1, 0.15) is 30.4 Å². The highest BCUT2D eigenvalue weighted by molar-refractivity contribution is 8.00. The Bertz CT molecular complexity index is 561. The first kappa shape index (κ1) is 19.1. The number of halogens is 3. The van der Waals surface area contributed by atoms with Gasteiger partial charge >= 0.3 is 6.18 Å². The van der Waals surface area contributed by atoms with Crippen LogP contribution < -0.4 is 11.1 Å². The van der Waals surface area contributed by atoms with Crippen molar-refractivity contribution >= 4 is 23.4 Å². The molecule has 0 bridgehead atoms. The number of hydrogen-bond donors (Lipinski definition) is 2. The summed E-state index contributed by atoms with van der Waals surface area (Å²) in [7, 11) is 0. The maximum atomic E-state index is 12.9. The van der Waals surface area contributed by atoms with Crippen molar-refractivity contribution in [2.75, 3.05) is 23.4 Å². The molecule has 134 valence electrons. The maximum absolute atomic E-state index is 12.9. The summed E-state index contributed by atoms with van der Waals surface area (Å²) >= 11 is 1.42. The molecular weight excluding hydrogens is 341 g/mol. The first-order chi connectivity index (χ1) is 11.4. The number of rotatable bonds is 6. The Labute approximate surface area is 143 Å². The van der Waals surface area contributed by atoms with Crippen LogP contribution in [-0.4, -0.2) is 30.1 Å². The Morgan fingerprint density at radius 2 is 2.12 bits per heavy atom. The standard InChI is InChI=1S/C16H21F3N2O2S/c17-16(18,19)12-5-11(8-20)6-13(7-12)21-15(22)10-24-9-14-3-1-2-4-23-14/h5-7,14H,1-4,8-10,20H2,(H,21,22). The Morgan fingerprint density at radius 3 is 2.75 bits per heavy atom. The summed E-state index contributed by atoms with van der Waals surface area (Å²) in [4.78, 5) is 11.9. The molecule has 1 amide bonds. The van der Waals surface area contributed by atoms with E-state index in [-0.39, 0.29) is 30.0 Å². The average Bonchev–Trinajstić information content (AvgIpc) is 2.54. The van der Waals surface area contributed by atoms with E-state index in [2.05, 4.69) is 5.32 Å². The highest BCUT2D eigenvalue weighted by Crippen LogP contribution is 2.32. The Kier molecular flexibility index (Phi) is 6.94. The lowest BCUT2D eigenvalue weighted by Gasteiger charge is -2.21. The van der Waals surface area contributed by atoms with E-state index in [1.807, 2.05) is 0 Å². The molecule has 1 fully saturated rings. The first-order valence-electron chi connectivity index (χ1n) is 7.79. The van der Waals surface area contributed by atoms with Gasteiger partial charge in [-0.1, -0.05) is 0 Å². The lowest BCUT2D eigenvalue weighted by molar-refractivity contribution is -0.137. The van der Waals surface area contributed by atoms with E-state index in [0.717, 1.165) is 38.0 Å². The molecule has 1 unspecified atom stereocenters. The number of carbonyl (C=O) groups is 1. The summed E-state index contributed by atoms with van der Waals surface area (Å²) in [5, 5.41) is 2.51. The van der Waals surface area contributed by atoms with Crippen molar-refractivity contribution < 1.29 is 22.7 Å². The predicted molar refractivity (Wildman–Crippen MR) is 88.9 cm³/mol. The molecule has 24 heavy (non-hydrogen) atoms. The summed E-state index contributed by atoms with van der Waals surface area (Å²) in [5.74, 6) is 0.552. The molecule has 0 spiro atoms. The summed E-state index contributed by atoms with van der Waals surface area (Å²) in [6, 6.07) is 3.37. The Morgan fingerprint density at radius 1 is 1.33 bits per heavy atom. The van der Waals surface area contributed by atoms with Crippen molar-refractivity contribution in [1.29, 1.82) is 0 Å². The van der Waals surface area contributed by atoms with Gasteiger partial charge in [-0.2, -0.15) is 13.2 Å². The number of nitrogens with one attached hydrogen (secondary N) is 1. The quantitative estimate of drug-likeness (QED) is 0.814. The van der Waals surface area contributed by atoms with E-state index < -0.39 is 11.7 Å². The van der Waals surface area contributed by atoms with Gasteiger partial charge in [0.15, 0.2) is 0 Å². The molecule has 1 aromatic carbocycles. The SMILES string of the molecule is NCc1cc(NC(=O)CSCC2CCCCO2)cc(C(F)(F)F)c1. The van der Waals surface area contributed by atoms with Gasteiger partial charge in [0, 0.05) is 24.6 Å². The largest absolute Gasteiger partial charge is 0.416 e. The number of ether oxygens (including phenoxy) is 1. The lowest BCUT2D eigenvalue weighted by atomic mass is 10.1. The molecule has 8 heteroatoms. The molecule has 3 N–H and O–H groups in total. The normalized spacial score (nSPS) is 18.4. The minimum absolute atomic E-state index is 0.0272. The fourth-order valence-electron chi connectivity index (χ4n) is 2.46. The fourth-order valence-corrected chi connectivity index (χ4v) is 3.37. The van der Waals surface area contributed by atoms with Crippen LogP contribution in [0.4, 0.5) is 18.9 Å². The average molecular weight is 362 g/mol. The van der Waals surface area contributed by atoms with Gasteiger partial charge in [0.2, 0.25) is 5.91 Å². The third-order valence-corrected chi connectivity index (χ3v) is 4.72. The molecule has 1 aromatic rings. The van der Waals surface area contributed by atoms with Gasteiger partial charge in [-0.3, -0.25) is 4.79 Å². The number of thioether (sulfide) groups is 1. The van der Waals surface area contributed by atoms with Crippen molar-refractivity contribution in [2.24, 2.45) is 5.73 Å². The van der Waals surface area contributed by atoms with Gasteiger partial charge in [-0.25, -0.2) is 0 Å². The fraction of sp³-hybridized carbons (Fsp3) is 0.562. The highest BCUT2D eigenvalue weighted by atomic mass is 32.2. The molecule has 0 saturated carbocycles. The molecule has 0 radical (unpaired) electrons. The molecule has 1 heterocycles. The molecular formula is C16H21F3N2O2S. The van der Waals surface area contributed by atoms with Crippen LogP contribution in [0.3, 0.4) is 0 Å². The molecule has 1 saturated heterocycles. The van der Waals surface area contributed by atoms with Gasteiger partial charge in [0.1, 0.15) is 0 Å². The van der Waals surface area contributed by atoms with Crippen molar-refractivity contribution in [3.63, 3.8) is 0 Å². The van der Waals surface area contributed by atoms with E-state index in [1.54, 1.807) is 0 Å². The lowest BCUT2D eigenvalue weighted by Crippen LogP contribution is -2.23. The third-order valence-electron chi connectivity index (χ3n) is 3.65. The van der Waals surface area contributed by atoms with Crippen molar-refractivity contribution in [1.82, 2.24) is 0 Å². The second kappa shape index (κ2) is 8.73. The van der Waals surface area contributed by atoms with Crippen LogP contribution >= 0.6 is 11.8 Å². The number of benzene rings is 1. The van der Waals surface area contributed by atoms with Crippen LogP contribution in [0.25, 0.3) is 0 Å². The Hall–Kier alpha value is -1.25. The van der Waals surface area contributed by atoms with Crippen LogP contribution in [0.2, 0.25) is 0 Å². The van der Waals surface area contributed by atoms with Gasteiger partial charge in [0.25, 0.3) is 0 Å². The van der Waals surface area contributed by atoms with Gasteiger partial charge in [-0.05, 0) is 43.0 Å². The zero-order chi connectivity index (χ0) is 17.6. The van der Waals surface area contributed by atoms with Crippen molar-refractivity contribution in [2.45, 2.75) is 38.1 Å². The van der Waals surface area contributed by atoms with E-state index in [0.29, 0.717) is 11.3 Å². The number of nitrogens with two attached hydrogens (primary N) is 1. The second-order valence-corrected chi connectivity index (χ2v) is 6.70. The van der Waals surface area contributed by atoms with Crippen molar-refractivity contribution in [3.05, 3.63) is 29.3 Å². The molecule has 0 aromatic heterocycles. The minimum atomic E-state index is -4.47. The molecule has 1 atom stereocenters. The summed E-state index contributed by atoms with van der Waals surface area (Å²) in [5.41, 5.74) is 5.05. The first-order valence-corrected chi connectivity index (χ1v) is 8.94. The number of alkyl halides is 3. The molecule has 1 aliphatic heterocycles. The molecule has 2 rings (SSSR count). The number of hydrogen-bond acceptors (Lipinski definition) is 4. The van der Waals surface area contributed by atoms with Crippen LogP contribution in [0.15, 0.2) is 18.2 Å². The number of amides is 1. The molecule has 4 nitrogen and oxygen atoms in total. The predicted octanol–water partition coefficient (Wildman–Crippen LogP) is 3.40. The van der Waals surface area contributed by atoms with Crippen LogP contribution in [0.5, 0.6) is 0 Å². The molecule has 0 aliphatic carbocycles. The third kappa shape index (κ3) is 5.99. The van der Waals surface area contributed by atoms with Gasteiger partial charge in [-0.15, -0.1) is 11.8 Å². The Balaban J connectivity index is 1.88. The zero-order valence-electron chi connectivity index (χ0n) is 13.2. The monoisotopic (exact) mass is 362 g/mol. The van der Waals surface area contributed by atoms with E-state index in [9.17, 15) is 18.0 Å². The van der Waals surface area contributed by atoms with E-state index >= 15 is 0 Å². The van der Waals surface area contributed by atoms with Crippen LogP contribution in [0, 0.1) is 0 Å².